The molecule has 4 aliphatic rings. The largest absolute Gasteiger partial charge is 0.339 e. The van der Waals surface area contributed by atoms with Crippen LogP contribution in [-0.2, 0) is 11.3 Å². The summed E-state index contributed by atoms with van der Waals surface area (Å²) in [7, 11) is 0. The third-order valence-electron chi connectivity index (χ3n) is 9.24. The third kappa shape index (κ3) is 5.50. The zero-order valence-corrected chi connectivity index (χ0v) is 22.0. The summed E-state index contributed by atoms with van der Waals surface area (Å²) in [6.07, 6.45) is 15.6. The summed E-state index contributed by atoms with van der Waals surface area (Å²) >= 11 is 0. The second-order valence-corrected chi connectivity index (χ2v) is 11.4. The van der Waals surface area contributed by atoms with E-state index in [0.29, 0.717) is 18.4 Å². The highest BCUT2D eigenvalue weighted by molar-refractivity contribution is 5.76. The van der Waals surface area contributed by atoms with E-state index < -0.39 is 0 Å². The van der Waals surface area contributed by atoms with E-state index in [1.165, 1.54) is 50.9 Å². The van der Waals surface area contributed by atoms with E-state index in [-0.39, 0.29) is 0 Å². The number of rotatable bonds is 7. The first-order chi connectivity index (χ1) is 18.3. The SMILES string of the molecule is O=C(CCC[C@@H]1[C@H]2CCCN3CCC[C@@H](CN1Cc1cccnc1)[C@@H]23)N1CCN(c2ncccn2)CC1. The van der Waals surface area contributed by atoms with Gasteiger partial charge in [0.05, 0.1) is 0 Å². The van der Waals surface area contributed by atoms with Crippen molar-refractivity contribution in [2.75, 3.05) is 50.7 Å². The average Bonchev–Trinajstić information content (AvgIpc) is 2.96. The van der Waals surface area contributed by atoms with Gasteiger partial charge >= 0.3 is 0 Å². The minimum absolute atomic E-state index is 0.309. The molecule has 1 amide bonds. The van der Waals surface area contributed by atoms with Gasteiger partial charge in [-0.1, -0.05) is 6.07 Å². The number of nitrogens with zero attached hydrogens (tertiary/aromatic N) is 7. The molecule has 4 saturated heterocycles. The van der Waals surface area contributed by atoms with Crippen LogP contribution in [0.1, 0.15) is 50.5 Å². The lowest BCUT2D eigenvalue weighted by Gasteiger charge is -2.57. The molecule has 0 aliphatic carbocycles. The number of piperidine rings is 3. The van der Waals surface area contributed by atoms with E-state index >= 15 is 0 Å². The Hall–Kier alpha value is -2.58. The fraction of sp³-hybridized carbons (Fsp3) is 0.655. The molecule has 8 heteroatoms. The summed E-state index contributed by atoms with van der Waals surface area (Å²) in [5.41, 5.74) is 1.31. The molecular weight excluding hydrogens is 462 g/mol. The lowest BCUT2D eigenvalue weighted by molar-refractivity contribution is -0.131. The quantitative estimate of drug-likeness (QED) is 0.575. The van der Waals surface area contributed by atoms with Gasteiger partial charge in [-0.25, -0.2) is 9.97 Å². The van der Waals surface area contributed by atoms with Crippen molar-refractivity contribution in [1.29, 1.82) is 0 Å². The van der Waals surface area contributed by atoms with Crippen LogP contribution in [-0.4, -0.2) is 93.5 Å². The van der Waals surface area contributed by atoms with Crippen molar-refractivity contribution in [2.45, 2.75) is 63.6 Å². The van der Waals surface area contributed by atoms with Crippen molar-refractivity contribution in [1.82, 2.24) is 29.7 Å². The maximum Gasteiger partial charge on any atom is 0.225 e. The van der Waals surface area contributed by atoms with Crippen LogP contribution in [0.4, 0.5) is 5.95 Å². The Kier molecular flexibility index (Phi) is 7.65. The van der Waals surface area contributed by atoms with Crippen LogP contribution in [0.15, 0.2) is 43.0 Å². The molecule has 2 aromatic rings. The zero-order valence-electron chi connectivity index (χ0n) is 22.0. The van der Waals surface area contributed by atoms with E-state index in [1.807, 2.05) is 23.4 Å². The number of likely N-dealkylation sites (tertiary alicyclic amines) is 1. The molecule has 0 bridgehead atoms. The monoisotopic (exact) mass is 503 g/mol. The van der Waals surface area contributed by atoms with Gasteiger partial charge in [0.1, 0.15) is 0 Å². The Morgan fingerprint density at radius 1 is 0.946 bits per heavy atom. The molecule has 2 aromatic heterocycles. The lowest BCUT2D eigenvalue weighted by atomic mass is 9.69. The zero-order chi connectivity index (χ0) is 25.0. The van der Waals surface area contributed by atoms with Crippen molar-refractivity contribution in [3.63, 3.8) is 0 Å². The number of piperazine rings is 1. The summed E-state index contributed by atoms with van der Waals surface area (Å²) in [6.45, 7) is 7.86. The molecule has 0 radical (unpaired) electrons. The van der Waals surface area contributed by atoms with Crippen LogP contribution < -0.4 is 4.90 Å². The molecule has 4 fully saturated rings. The van der Waals surface area contributed by atoms with Gasteiger partial charge < -0.3 is 9.80 Å². The first-order valence-electron chi connectivity index (χ1n) is 14.4. The Balaban J connectivity index is 1.07. The standard InChI is InChI=1S/C29H41N7O/c37-27(33-16-18-35(19-17-33)29-31-12-5-13-32-29)10-1-9-26-25-8-4-15-34-14-3-7-24(28(25)34)22-36(26)21-23-6-2-11-30-20-23/h2,5-6,11-13,20,24-26,28H,1,3-4,7-10,14-19,21-22H2/t24-,25+,26+,28-/m0/s1. The number of hydrogen-bond acceptors (Lipinski definition) is 7. The van der Waals surface area contributed by atoms with Gasteiger partial charge in [-0.3, -0.25) is 19.6 Å². The molecule has 6 rings (SSSR count). The van der Waals surface area contributed by atoms with Crippen molar-refractivity contribution < 1.29 is 4.79 Å². The van der Waals surface area contributed by atoms with Crippen molar-refractivity contribution in [3.8, 4) is 0 Å². The summed E-state index contributed by atoms with van der Waals surface area (Å²) < 4.78 is 0. The number of carbonyl (C=O) groups excluding carboxylic acids is 1. The fourth-order valence-electron chi connectivity index (χ4n) is 7.62. The molecular formula is C29H41N7O. The highest BCUT2D eigenvalue weighted by Gasteiger charge is 2.48. The van der Waals surface area contributed by atoms with Gasteiger partial charge in [0.2, 0.25) is 11.9 Å². The Morgan fingerprint density at radius 3 is 2.54 bits per heavy atom. The van der Waals surface area contributed by atoms with E-state index in [2.05, 4.69) is 41.8 Å². The van der Waals surface area contributed by atoms with Crippen LogP contribution in [0.3, 0.4) is 0 Å². The van der Waals surface area contributed by atoms with E-state index in [1.54, 1.807) is 12.4 Å². The predicted molar refractivity (Wildman–Crippen MR) is 144 cm³/mol. The van der Waals surface area contributed by atoms with Crippen LogP contribution in [0.2, 0.25) is 0 Å². The predicted octanol–water partition coefficient (Wildman–Crippen LogP) is 3.07. The first-order valence-corrected chi connectivity index (χ1v) is 14.4. The average molecular weight is 504 g/mol. The molecule has 37 heavy (non-hydrogen) atoms. The number of hydrogen-bond donors (Lipinski definition) is 0. The van der Waals surface area contributed by atoms with Crippen molar-refractivity contribution >= 4 is 11.9 Å². The molecule has 0 aromatic carbocycles. The Bertz CT molecular complexity index is 1010. The fourth-order valence-corrected chi connectivity index (χ4v) is 7.62. The normalized spacial score (nSPS) is 28.6. The summed E-state index contributed by atoms with van der Waals surface area (Å²) in [4.78, 5) is 36.1. The van der Waals surface area contributed by atoms with Crippen LogP contribution in [0, 0.1) is 11.8 Å². The van der Waals surface area contributed by atoms with Crippen molar-refractivity contribution in [3.05, 3.63) is 48.5 Å². The number of pyridine rings is 1. The minimum atomic E-state index is 0.309. The smallest absolute Gasteiger partial charge is 0.225 e. The molecule has 4 atom stereocenters. The second-order valence-electron chi connectivity index (χ2n) is 11.4. The molecule has 0 N–H and O–H groups in total. The number of carbonyl (C=O) groups is 1. The van der Waals surface area contributed by atoms with Gasteiger partial charge in [0, 0.05) is 82.6 Å². The lowest BCUT2D eigenvalue weighted by Crippen LogP contribution is -2.64. The molecule has 6 heterocycles. The topological polar surface area (TPSA) is 68.7 Å². The molecule has 4 aliphatic heterocycles. The molecule has 8 nitrogen and oxygen atoms in total. The van der Waals surface area contributed by atoms with Gasteiger partial charge in [0.15, 0.2) is 0 Å². The van der Waals surface area contributed by atoms with Gasteiger partial charge in [-0.2, -0.15) is 0 Å². The Labute approximate surface area is 221 Å². The van der Waals surface area contributed by atoms with Gasteiger partial charge in [-0.15, -0.1) is 0 Å². The van der Waals surface area contributed by atoms with Crippen LogP contribution in [0.25, 0.3) is 0 Å². The summed E-state index contributed by atoms with van der Waals surface area (Å²) in [6, 6.07) is 7.42. The van der Waals surface area contributed by atoms with Crippen LogP contribution in [0.5, 0.6) is 0 Å². The molecule has 0 spiro atoms. The minimum Gasteiger partial charge on any atom is -0.339 e. The maximum atomic E-state index is 13.1. The number of anilines is 1. The summed E-state index contributed by atoms with van der Waals surface area (Å²) in [5, 5.41) is 0. The first kappa shape index (κ1) is 24.7. The van der Waals surface area contributed by atoms with E-state index in [9.17, 15) is 4.79 Å². The third-order valence-corrected chi connectivity index (χ3v) is 9.24. The number of aromatic nitrogens is 3. The second kappa shape index (κ2) is 11.4. The summed E-state index contributed by atoms with van der Waals surface area (Å²) in [5.74, 6) is 2.60. The van der Waals surface area contributed by atoms with Crippen molar-refractivity contribution in [2.24, 2.45) is 11.8 Å². The Morgan fingerprint density at radius 2 is 1.76 bits per heavy atom. The molecule has 198 valence electrons. The van der Waals surface area contributed by atoms with E-state index in [4.69, 9.17) is 0 Å². The highest BCUT2D eigenvalue weighted by Crippen LogP contribution is 2.43. The molecule has 0 saturated carbocycles. The van der Waals surface area contributed by atoms with Gasteiger partial charge in [0.25, 0.3) is 0 Å². The maximum absolute atomic E-state index is 13.1. The molecule has 0 unspecified atom stereocenters. The van der Waals surface area contributed by atoms with Gasteiger partial charge in [-0.05, 0) is 81.1 Å². The number of amides is 1. The van der Waals surface area contributed by atoms with E-state index in [0.717, 1.165) is 69.4 Å². The highest BCUT2D eigenvalue weighted by atomic mass is 16.2. The van der Waals surface area contributed by atoms with Crippen LogP contribution >= 0.6 is 0 Å².